The average Bonchev–Trinajstić information content (AvgIpc) is 3.76. The van der Waals surface area contributed by atoms with Gasteiger partial charge in [-0.25, -0.2) is 9.97 Å². The first-order chi connectivity index (χ1) is 16.6. The molecule has 0 saturated heterocycles. The predicted molar refractivity (Wildman–Crippen MR) is 138 cm³/mol. The molecule has 2 N–H and O–H groups in total. The van der Waals surface area contributed by atoms with E-state index in [9.17, 15) is 0 Å². The minimum absolute atomic E-state index is 0.787. The van der Waals surface area contributed by atoms with Gasteiger partial charge in [0.25, 0.3) is 0 Å². The lowest BCUT2D eigenvalue weighted by Crippen LogP contribution is -2.06. The Labute approximate surface area is 202 Å². The third kappa shape index (κ3) is 4.96. The molecule has 2 heterocycles. The quantitative estimate of drug-likeness (QED) is 0.383. The molecule has 2 fully saturated rings. The van der Waals surface area contributed by atoms with Crippen LogP contribution in [0.4, 0.5) is 11.6 Å². The van der Waals surface area contributed by atoms with E-state index in [1.54, 1.807) is 14.2 Å². The summed E-state index contributed by atoms with van der Waals surface area (Å²) in [5.41, 5.74) is 5.92. The van der Waals surface area contributed by atoms with Crippen LogP contribution in [0.15, 0.2) is 36.4 Å². The van der Waals surface area contributed by atoms with Crippen LogP contribution in [0.2, 0.25) is 0 Å². The Hall–Kier alpha value is -3.28. The highest BCUT2D eigenvalue weighted by molar-refractivity contribution is 5.83. The van der Waals surface area contributed by atoms with Crippen LogP contribution >= 0.6 is 0 Å². The second-order valence-electron chi connectivity index (χ2n) is 9.56. The highest BCUT2D eigenvalue weighted by Gasteiger charge is 2.22. The van der Waals surface area contributed by atoms with Crippen molar-refractivity contribution in [1.29, 1.82) is 0 Å². The summed E-state index contributed by atoms with van der Waals surface area (Å²) in [5.74, 6) is 5.03. The number of hydrogen-bond acceptors (Lipinski definition) is 6. The zero-order valence-corrected chi connectivity index (χ0v) is 20.6. The average molecular weight is 459 g/mol. The van der Waals surface area contributed by atoms with Gasteiger partial charge in [0.2, 0.25) is 0 Å². The smallest absolute Gasteiger partial charge is 0.127 e. The molecule has 2 aliphatic rings. The molecule has 0 spiro atoms. The molecule has 6 nitrogen and oxygen atoms in total. The first kappa shape index (κ1) is 22.5. The number of anilines is 2. The zero-order valence-electron chi connectivity index (χ0n) is 20.6. The van der Waals surface area contributed by atoms with Gasteiger partial charge in [0.15, 0.2) is 0 Å². The SMILES string of the molecule is COc1cc(-c2ccc(NCC3CC3)nc2C)c(OC)cc1-c1ccc(NCC2CC2)nc1C. The van der Waals surface area contributed by atoms with Crippen molar-refractivity contribution in [2.24, 2.45) is 11.8 Å². The highest BCUT2D eigenvalue weighted by Crippen LogP contribution is 2.42. The van der Waals surface area contributed by atoms with Crippen molar-refractivity contribution in [2.45, 2.75) is 39.5 Å². The molecule has 1 aromatic carbocycles. The van der Waals surface area contributed by atoms with E-state index in [1.807, 2.05) is 38.1 Å². The molecular weight excluding hydrogens is 424 g/mol. The summed E-state index contributed by atoms with van der Waals surface area (Å²) in [6, 6.07) is 12.4. The van der Waals surface area contributed by atoms with Crippen molar-refractivity contribution in [3.63, 3.8) is 0 Å². The summed E-state index contributed by atoms with van der Waals surface area (Å²) >= 11 is 0. The van der Waals surface area contributed by atoms with Crippen LogP contribution in [0.1, 0.15) is 37.1 Å². The van der Waals surface area contributed by atoms with Crippen LogP contribution in [0.3, 0.4) is 0 Å². The number of rotatable bonds is 10. The van der Waals surface area contributed by atoms with E-state index in [4.69, 9.17) is 19.4 Å². The first-order valence-electron chi connectivity index (χ1n) is 12.3. The maximum Gasteiger partial charge on any atom is 0.127 e. The predicted octanol–water partition coefficient (Wildman–Crippen LogP) is 6.09. The van der Waals surface area contributed by atoms with Gasteiger partial charge in [-0.2, -0.15) is 0 Å². The summed E-state index contributed by atoms with van der Waals surface area (Å²) in [5, 5.41) is 6.92. The monoisotopic (exact) mass is 458 g/mol. The molecule has 3 aromatic rings. The number of methoxy groups -OCH3 is 2. The van der Waals surface area contributed by atoms with Crippen LogP contribution in [-0.4, -0.2) is 37.3 Å². The van der Waals surface area contributed by atoms with Crippen molar-refractivity contribution in [1.82, 2.24) is 9.97 Å². The Bertz CT molecular complexity index is 1090. The summed E-state index contributed by atoms with van der Waals surface area (Å²) < 4.78 is 11.7. The molecule has 2 aromatic heterocycles. The Morgan fingerprint density at radius 1 is 0.676 bits per heavy atom. The van der Waals surface area contributed by atoms with E-state index in [2.05, 4.69) is 22.8 Å². The fourth-order valence-electron chi connectivity index (χ4n) is 4.35. The lowest BCUT2D eigenvalue weighted by atomic mass is 9.96. The number of ether oxygens (including phenoxy) is 2. The highest BCUT2D eigenvalue weighted by atomic mass is 16.5. The number of hydrogen-bond donors (Lipinski definition) is 2. The fraction of sp³-hybridized carbons (Fsp3) is 0.429. The minimum atomic E-state index is 0.787. The standard InChI is InChI=1S/C28H34N4O2/c1-17-21(9-11-27(31-17)29-15-19-5-6-19)23-13-26(34-4)24(14-25(23)33-3)22-10-12-28(32-18(22)2)30-16-20-7-8-20/h9-14,19-20H,5-8,15-16H2,1-4H3,(H,29,31)(H,30,32). The minimum Gasteiger partial charge on any atom is -0.496 e. The van der Waals surface area contributed by atoms with Crippen molar-refractivity contribution >= 4 is 11.6 Å². The van der Waals surface area contributed by atoms with Gasteiger partial charge >= 0.3 is 0 Å². The number of pyridine rings is 2. The van der Waals surface area contributed by atoms with Crippen molar-refractivity contribution in [2.75, 3.05) is 37.9 Å². The molecule has 0 amide bonds. The van der Waals surface area contributed by atoms with Crippen LogP contribution in [0.25, 0.3) is 22.3 Å². The Balaban J connectivity index is 1.45. The lowest BCUT2D eigenvalue weighted by molar-refractivity contribution is 0.406. The van der Waals surface area contributed by atoms with Crippen LogP contribution in [0, 0.1) is 25.7 Å². The van der Waals surface area contributed by atoms with E-state index in [1.165, 1.54) is 25.7 Å². The molecule has 2 aliphatic carbocycles. The summed E-state index contributed by atoms with van der Waals surface area (Å²) in [6.07, 6.45) is 5.29. The Morgan fingerprint density at radius 2 is 1.09 bits per heavy atom. The molecule has 0 aliphatic heterocycles. The second-order valence-corrected chi connectivity index (χ2v) is 9.56. The van der Waals surface area contributed by atoms with Crippen LogP contribution < -0.4 is 20.1 Å². The van der Waals surface area contributed by atoms with Gasteiger partial charge in [-0.3, -0.25) is 0 Å². The van der Waals surface area contributed by atoms with Crippen molar-refractivity contribution in [3.05, 3.63) is 47.8 Å². The largest absolute Gasteiger partial charge is 0.496 e. The van der Waals surface area contributed by atoms with E-state index in [-0.39, 0.29) is 0 Å². The maximum atomic E-state index is 5.84. The summed E-state index contributed by atoms with van der Waals surface area (Å²) in [6.45, 7) is 6.08. The van der Waals surface area contributed by atoms with E-state index in [0.29, 0.717) is 0 Å². The number of aryl methyl sites for hydroxylation is 2. The van der Waals surface area contributed by atoms with Gasteiger partial charge in [0.05, 0.1) is 14.2 Å². The van der Waals surface area contributed by atoms with E-state index < -0.39 is 0 Å². The topological polar surface area (TPSA) is 68.3 Å². The van der Waals surface area contributed by atoms with Gasteiger partial charge in [0, 0.05) is 46.7 Å². The van der Waals surface area contributed by atoms with Crippen LogP contribution in [0.5, 0.6) is 11.5 Å². The fourth-order valence-corrected chi connectivity index (χ4v) is 4.35. The first-order valence-corrected chi connectivity index (χ1v) is 12.3. The second kappa shape index (κ2) is 9.53. The van der Waals surface area contributed by atoms with E-state index >= 15 is 0 Å². The normalized spacial score (nSPS) is 15.2. The molecule has 178 valence electrons. The molecule has 34 heavy (non-hydrogen) atoms. The zero-order chi connectivity index (χ0) is 23.7. The number of nitrogens with zero attached hydrogens (tertiary/aromatic N) is 2. The molecule has 0 radical (unpaired) electrons. The van der Waals surface area contributed by atoms with Gasteiger partial charge in [0.1, 0.15) is 23.1 Å². The lowest BCUT2D eigenvalue weighted by Gasteiger charge is -2.18. The molecular formula is C28H34N4O2. The van der Waals surface area contributed by atoms with Crippen LogP contribution in [-0.2, 0) is 0 Å². The van der Waals surface area contributed by atoms with E-state index in [0.717, 1.165) is 81.7 Å². The van der Waals surface area contributed by atoms with Gasteiger partial charge < -0.3 is 20.1 Å². The third-order valence-electron chi connectivity index (χ3n) is 6.81. The Morgan fingerprint density at radius 3 is 1.41 bits per heavy atom. The molecule has 0 atom stereocenters. The summed E-state index contributed by atoms with van der Waals surface area (Å²) in [4.78, 5) is 9.59. The third-order valence-corrected chi connectivity index (χ3v) is 6.81. The van der Waals surface area contributed by atoms with Gasteiger partial charge in [-0.15, -0.1) is 0 Å². The number of benzene rings is 1. The van der Waals surface area contributed by atoms with Crippen molar-refractivity contribution < 1.29 is 9.47 Å². The molecule has 2 saturated carbocycles. The number of nitrogens with one attached hydrogen (secondary N) is 2. The van der Waals surface area contributed by atoms with Gasteiger partial charge in [-0.05, 0) is 87.8 Å². The Kier molecular flexibility index (Phi) is 6.31. The van der Waals surface area contributed by atoms with Crippen molar-refractivity contribution in [3.8, 4) is 33.8 Å². The molecule has 6 heteroatoms. The molecule has 0 unspecified atom stereocenters. The number of aromatic nitrogens is 2. The summed E-state index contributed by atoms with van der Waals surface area (Å²) in [7, 11) is 3.42. The maximum absolute atomic E-state index is 5.84. The molecule has 0 bridgehead atoms. The molecule has 5 rings (SSSR count). The van der Waals surface area contributed by atoms with Gasteiger partial charge in [-0.1, -0.05) is 0 Å².